The average Bonchev–Trinajstić information content (AvgIpc) is 1.89. The Morgan fingerprint density at radius 3 is 2.89 bits per heavy atom. The van der Waals surface area contributed by atoms with Crippen molar-refractivity contribution in [2.24, 2.45) is 0 Å². The van der Waals surface area contributed by atoms with Gasteiger partial charge in [0.15, 0.2) is 0 Å². The molecule has 0 amide bonds. The van der Waals surface area contributed by atoms with Gasteiger partial charge in [0.1, 0.15) is 0 Å². The van der Waals surface area contributed by atoms with Crippen LogP contribution in [-0.2, 0) is 5.88 Å². The van der Waals surface area contributed by atoms with Gasteiger partial charge in [-0.3, -0.25) is 4.98 Å². The van der Waals surface area contributed by atoms with Gasteiger partial charge in [0.05, 0.1) is 0 Å². The Labute approximate surface area is 59.7 Å². The first-order valence-electron chi connectivity index (χ1n) is 2.80. The number of aromatic nitrogens is 1. The summed E-state index contributed by atoms with van der Waals surface area (Å²) in [4.78, 5) is 3.93. The van der Waals surface area contributed by atoms with Gasteiger partial charge in [-0.1, -0.05) is 0 Å². The minimum atomic E-state index is 0.578. The van der Waals surface area contributed by atoms with Crippen molar-refractivity contribution >= 4 is 11.6 Å². The largest absolute Gasteiger partial charge is 0.264 e. The molecule has 0 aliphatic heterocycles. The Bertz CT molecular complexity index is 198. The maximum absolute atomic E-state index is 5.60. The lowest BCUT2D eigenvalue weighted by Crippen LogP contribution is -1.83. The van der Waals surface area contributed by atoms with E-state index in [1.807, 2.05) is 19.2 Å². The van der Waals surface area contributed by atoms with Crippen molar-refractivity contribution in [2.75, 3.05) is 0 Å². The third-order valence-electron chi connectivity index (χ3n) is 1.28. The first-order chi connectivity index (χ1) is 4.34. The van der Waals surface area contributed by atoms with Crippen LogP contribution < -0.4 is 0 Å². The second kappa shape index (κ2) is 2.83. The molecule has 0 aromatic carbocycles. The molecular formula is C7H8ClN. The maximum atomic E-state index is 5.60. The van der Waals surface area contributed by atoms with Gasteiger partial charge < -0.3 is 0 Å². The van der Waals surface area contributed by atoms with E-state index in [1.54, 1.807) is 6.20 Å². The topological polar surface area (TPSA) is 12.9 Å². The summed E-state index contributed by atoms with van der Waals surface area (Å²) < 4.78 is 0. The minimum absolute atomic E-state index is 0.578. The summed E-state index contributed by atoms with van der Waals surface area (Å²) in [5.41, 5.74) is 2.32. The molecule has 1 aromatic rings. The lowest BCUT2D eigenvalue weighted by molar-refractivity contribution is 1.20. The summed E-state index contributed by atoms with van der Waals surface area (Å²) in [6, 6.07) is 1.93. The Hall–Kier alpha value is -0.560. The van der Waals surface area contributed by atoms with Gasteiger partial charge in [-0.2, -0.15) is 0 Å². The zero-order valence-corrected chi connectivity index (χ0v) is 6.02. The van der Waals surface area contributed by atoms with Gasteiger partial charge in [0.25, 0.3) is 0 Å². The number of alkyl halides is 1. The third-order valence-corrected chi connectivity index (χ3v) is 1.57. The number of hydrogen-bond donors (Lipinski definition) is 0. The molecule has 0 spiro atoms. The SMILES string of the molecule is Cc1cnccc1CCl. The van der Waals surface area contributed by atoms with E-state index in [-0.39, 0.29) is 0 Å². The predicted octanol–water partition coefficient (Wildman–Crippen LogP) is 2.13. The average molecular weight is 142 g/mol. The van der Waals surface area contributed by atoms with Crippen LogP contribution in [0, 0.1) is 6.92 Å². The van der Waals surface area contributed by atoms with Crippen molar-refractivity contribution < 1.29 is 0 Å². The number of nitrogens with zero attached hydrogens (tertiary/aromatic N) is 1. The third kappa shape index (κ3) is 1.42. The van der Waals surface area contributed by atoms with Crippen molar-refractivity contribution in [3.05, 3.63) is 29.6 Å². The van der Waals surface area contributed by atoms with E-state index in [9.17, 15) is 0 Å². The van der Waals surface area contributed by atoms with Crippen molar-refractivity contribution in [1.29, 1.82) is 0 Å². The van der Waals surface area contributed by atoms with E-state index in [0.717, 1.165) is 11.1 Å². The highest BCUT2D eigenvalue weighted by Gasteiger charge is 1.91. The number of hydrogen-bond acceptors (Lipinski definition) is 1. The Morgan fingerprint density at radius 2 is 2.44 bits per heavy atom. The molecule has 0 aliphatic carbocycles. The molecule has 0 aliphatic rings. The van der Waals surface area contributed by atoms with Gasteiger partial charge >= 0.3 is 0 Å². The van der Waals surface area contributed by atoms with Crippen LogP contribution in [0.2, 0.25) is 0 Å². The van der Waals surface area contributed by atoms with Crippen LogP contribution >= 0.6 is 11.6 Å². The molecule has 48 valence electrons. The van der Waals surface area contributed by atoms with E-state index < -0.39 is 0 Å². The van der Waals surface area contributed by atoms with Crippen LogP contribution in [0.3, 0.4) is 0 Å². The van der Waals surface area contributed by atoms with Crippen LogP contribution in [0.1, 0.15) is 11.1 Å². The van der Waals surface area contributed by atoms with Crippen molar-refractivity contribution in [1.82, 2.24) is 4.98 Å². The van der Waals surface area contributed by atoms with Crippen LogP contribution in [0.4, 0.5) is 0 Å². The fourth-order valence-corrected chi connectivity index (χ4v) is 0.952. The molecule has 0 saturated heterocycles. The normalized spacial score (nSPS) is 9.56. The summed E-state index contributed by atoms with van der Waals surface area (Å²) in [7, 11) is 0. The molecule has 1 heterocycles. The van der Waals surface area contributed by atoms with Crippen LogP contribution in [-0.4, -0.2) is 4.98 Å². The first-order valence-corrected chi connectivity index (χ1v) is 3.33. The number of halogens is 1. The molecule has 1 nitrogen and oxygen atoms in total. The molecular weight excluding hydrogens is 134 g/mol. The first kappa shape index (κ1) is 6.56. The van der Waals surface area contributed by atoms with E-state index in [2.05, 4.69) is 4.98 Å². The standard InChI is InChI=1S/C7H8ClN/c1-6-5-9-3-2-7(6)4-8/h2-3,5H,4H2,1H3. The van der Waals surface area contributed by atoms with E-state index >= 15 is 0 Å². The van der Waals surface area contributed by atoms with Crippen LogP contribution in [0.25, 0.3) is 0 Å². The quantitative estimate of drug-likeness (QED) is 0.546. The lowest BCUT2D eigenvalue weighted by Gasteiger charge is -1.96. The van der Waals surface area contributed by atoms with E-state index in [4.69, 9.17) is 11.6 Å². The van der Waals surface area contributed by atoms with E-state index in [1.165, 1.54) is 0 Å². The molecule has 0 fully saturated rings. The molecule has 1 rings (SSSR count). The summed E-state index contributed by atoms with van der Waals surface area (Å²) in [5, 5.41) is 0. The van der Waals surface area contributed by atoms with Gasteiger partial charge in [0, 0.05) is 18.3 Å². The number of pyridine rings is 1. The highest BCUT2D eigenvalue weighted by atomic mass is 35.5. The molecule has 9 heavy (non-hydrogen) atoms. The Balaban J connectivity index is 3.01. The molecule has 0 saturated carbocycles. The fraction of sp³-hybridized carbons (Fsp3) is 0.286. The number of rotatable bonds is 1. The van der Waals surface area contributed by atoms with Crippen molar-refractivity contribution in [2.45, 2.75) is 12.8 Å². The smallest absolute Gasteiger partial charge is 0.0477 e. The van der Waals surface area contributed by atoms with Gasteiger partial charge in [-0.05, 0) is 24.1 Å². The van der Waals surface area contributed by atoms with Crippen LogP contribution in [0.5, 0.6) is 0 Å². The highest BCUT2D eigenvalue weighted by molar-refractivity contribution is 6.17. The summed E-state index contributed by atoms with van der Waals surface area (Å²) >= 11 is 5.60. The van der Waals surface area contributed by atoms with Crippen LogP contribution in [0.15, 0.2) is 18.5 Å². The maximum Gasteiger partial charge on any atom is 0.0477 e. The fourth-order valence-electron chi connectivity index (χ4n) is 0.652. The minimum Gasteiger partial charge on any atom is -0.264 e. The van der Waals surface area contributed by atoms with Crippen molar-refractivity contribution in [3.8, 4) is 0 Å². The van der Waals surface area contributed by atoms with E-state index in [0.29, 0.717) is 5.88 Å². The van der Waals surface area contributed by atoms with Gasteiger partial charge in [-0.15, -0.1) is 11.6 Å². The second-order valence-corrected chi connectivity index (χ2v) is 2.20. The lowest BCUT2D eigenvalue weighted by atomic mass is 10.2. The monoisotopic (exact) mass is 141 g/mol. The zero-order valence-electron chi connectivity index (χ0n) is 5.26. The summed E-state index contributed by atoms with van der Waals surface area (Å²) in [5.74, 6) is 0.578. The summed E-state index contributed by atoms with van der Waals surface area (Å²) in [6.45, 7) is 2.00. The molecule has 1 aromatic heterocycles. The second-order valence-electron chi connectivity index (χ2n) is 1.94. The molecule has 2 heteroatoms. The summed E-state index contributed by atoms with van der Waals surface area (Å²) in [6.07, 6.45) is 3.57. The molecule has 0 atom stereocenters. The Morgan fingerprint density at radius 1 is 1.67 bits per heavy atom. The molecule has 0 N–H and O–H groups in total. The predicted molar refractivity (Wildman–Crippen MR) is 38.5 cm³/mol. The molecule has 0 unspecified atom stereocenters. The van der Waals surface area contributed by atoms with Gasteiger partial charge in [0.2, 0.25) is 0 Å². The zero-order chi connectivity index (χ0) is 6.69. The highest BCUT2D eigenvalue weighted by Crippen LogP contribution is 2.06. The van der Waals surface area contributed by atoms with Gasteiger partial charge in [-0.25, -0.2) is 0 Å². The number of aryl methyl sites for hydroxylation is 1. The molecule has 0 radical (unpaired) electrons. The molecule has 0 bridgehead atoms. The van der Waals surface area contributed by atoms with Crippen molar-refractivity contribution in [3.63, 3.8) is 0 Å². The Kier molecular flexibility index (Phi) is 2.06.